The fourth-order valence-corrected chi connectivity index (χ4v) is 3.93. The van der Waals surface area contributed by atoms with Crippen LogP contribution in [0.2, 0.25) is 0 Å². The molecule has 1 aliphatic heterocycles. The van der Waals surface area contributed by atoms with Crippen molar-refractivity contribution in [1.29, 1.82) is 0 Å². The summed E-state index contributed by atoms with van der Waals surface area (Å²) >= 11 is 0. The van der Waals surface area contributed by atoms with Crippen molar-refractivity contribution in [2.75, 3.05) is 13.2 Å². The Labute approximate surface area is 186 Å². The van der Waals surface area contributed by atoms with E-state index < -0.39 is 17.7 Å². The molecule has 0 radical (unpaired) electrons. The molecule has 2 heterocycles. The maximum Gasteiger partial charge on any atom is 0.295 e. The number of aryl methyl sites for hydroxylation is 1. The van der Waals surface area contributed by atoms with Gasteiger partial charge in [-0.2, -0.15) is 0 Å². The topological polar surface area (TPSA) is 80.0 Å². The van der Waals surface area contributed by atoms with Crippen molar-refractivity contribution in [2.24, 2.45) is 0 Å². The lowest BCUT2D eigenvalue weighted by molar-refractivity contribution is -0.140. The van der Waals surface area contributed by atoms with Crippen molar-refractivity contribution in [3.8, 4) is 5.75 Å². The average molecular weight is 431 g/mol. The van der Waals surface area contributed by atoms with Gasteiger partial charge in [-0.3, -0.25) is 9.59 Å². The second-order valence-corrected chi connectivity index (χ2v) is 7.63. The molecule has 6 heteroatoms. The normalized spacial score (nSPS) is 17.7. The monoisotopic (exact) mass is 431 g/mol. The molecule has 1 aromatic heterocycles. The molecule has 1 aliphatic rings. The number of carbonyl (C=O) groups is 2. The number of carbonyl (C=O) groups excluding carboxylic acids is 2. The Morgan fingerprint density at radius 3 is 2.38 bits per heavy atom. The fourth-order valence-electron chi connectivity index (χ4n) is 3.93. The van der Waals surface area contributed by atoms with Gasteiger partial charge in [-0.25, -0.2) is 0 Å². The molecule has 0 spiro atoms. The fraction of sp³-hybridized carbons (Fsp3) is 0.231. The Morgan fingerprint density at radius 1 is 1.03 bits per heavy atom. The summed E-state index contributed by atoms with van der Waals surface area (Å²) in [6, 6.07) is 19.3. The highest BCUT2D eigenvalue weighted by Gasteiger charge is 2.47. The number of aliphatic hydroxyl groups excluding tert-OH is 1. The number of hydrogen-bond donors (Lipinski definition) is 1. The number of ether oxygens (including phenoxy) is 1. The van der Waals surface area contributed by atoms with Crippen LogP contribution in [0.3, 0.4) is 0 Å². The lowest BCUT2D eigenvalue weighted by atomic mass is 9.99. The maximum atomic E-state index is 13.0. The second kappa shape index (κ2) is 9.14. The van der Waals surface area contributed by atoms with Crippen molar-refractivity contribution < 1.29 is 23.8 Å². The molecule has 0 bridgehead atoms. The summed E-state index contributed by atoms with van der Waals surface area (Å²) < 4.78 is 11.2. The van der Waals surface area contributed by atoms with Crippen LogP contribution >= 0.6 is 0 Å². The van der Waals surface area contributed by atoms with Crippen LogP contribution in [-0.2, 0) is 16.0 Å². The summed E-state index contributed by atoms with van der Waals surface area (Å²) in [6.45, 7) is 4.52. The van der Waals surface area contributed by atoms with E-state index in [0.717, 1.165) is 5.56 Å². The lowest BCUT2D eigenvalue weighted by Gasteiger charge is -2.23. The molecule has 3 aromatic rings. The molecule has 1 amide bonds. The molecular weight excluding hydrogens is 406 g/mol. The van der Waals surface area contributed by atoms with E-state index >= 15 is 0 Å². The van der Waals surface area contributed by atoms with Gasteiger partial charge in [0.2, 0.25) is 0 Å². The van der Waals surface area contributed by atoms with Gasteiger partial charge in [0.25, 0.3) is 11.7 Å². The van der Waals surface area contributed by atoms with Crippen LogP contribution in [0, 0.1) is 6.92 Å². The third kappa shape index (κ3) is 4.17. The van der Waals surface area contributed by atoms with Crippen LogP contribution < -0.4 is 4.74 Å². The number of Topliss-reactive ketones (excluding diaryl/α,β-unsaturated/α-hetero) is 1. The van der Waals surface area contributed by atoms with Crippen LogP contribution in [0.15, 0.2) is 76.7 Å². The van der Waals surface area contributed by atoms with E-state index in [0.29, 0.717) is 42.4 Å². The van der Waals surface area contributed by atoms with Crippen molar-refractivity contribution >= 4 is 17.4 Å². The Hall–Kier alpha value is -3.80. The molecule has 4 rings (SSSR count). The number of rotatable bonds is 7. The molecule has 1 N–H and O–H groups in total. The molecule has 1 fully saturated rings. The SMILES string of the molecule is CCOc1ccc(/C(O)=C2\C(=O)C(=O)N(CCc3ccccc3)C2c2ccc(C)o2)cc1. The highest BCUT2D eigenvalue weighted by Crippen LogP contribution is 2.40. The molecule has 0 saturated carbocycles. The van der Waals surface area contributed by atoms with Gasteiger partial charge >= 0.3 is 0 Å². The molecule has 32 heavy (non-hydrogen) atoms. The zero-order valence-electron chi connectivity index (χ0n) is 18.1. The number of aliphatic hydroxyl groups is 1. The van der Waals surface area contributed by atoms with Crippen LogP contribution in [0.1, 0.15) is 35.6 Å². The highest BCUT2D eigenvalue weighted by molar-refractivity contribution is 6.46. The predicted octanol–water partition coefficient (Wildman–Crippen LogP) is 4.65. The quantitative estimate of drug-likeness (QED) is 0.335. The minimum Gasteiger partial charge on any atom is -0.507 e. The van der Waals surface area contributed by atoms with Gasteiger partial charge < -0.3 is 19.2 Å². The smallest absolute Gasteiger partial charge is 0.295 e. The van der Waals surface area contributed by atoms with Gasteiger partial charge in [0.1, 0.15) is 29.1 Å². The van der Waals surface area contributed by atoms with Crippen LogP contribution in [0.5, 0.6) is 5.75 Å². The number of benzene rings is 2. The number of nitrogens with zero attached hydrogens (tertiary/aromatic N) is 1. The van der Waals surface area contributed by atoms with E-state index in [1.807, 2.05) is 37.3 Å². The van der Waals surface area contributed by atoms with Crippen molar-refractivity contribution in [1.82, 2.24) is 4.90 Å². The van der Waals surface area contributed by atoms with Gasteiger partial charge in [0.15, 0.2) is 0 Å². The number of hydrogen-bond acceptors (Lipinski definition) is 5. The Bertz CT molecular complexity index is 1140. The molecule has 0 aliphatic carbocycles. The van der Waals surface area contributed by atoms with Crippen molar-refractivity contribution in [3.05, 3.63) is 95.0 Å². The zero-order valence-corrected chi connectivity index (χ0v) is 18.1. The summed E-state index contributed by atoms with van der Waals surface area (Å²) in [5.41, 5.74) is 1.51. The number of ketones is 1. The lowest BCUT2D eigenvalue weighted by Crippen LogP contribution is -2.31. The van der Waals surface area contributed by atoms with E-state index in [9.17, 15) is 14.7 Å². The first kappa shape index (κ1) is 21.4. The van der Waals surface area contributed by atoms with E-state index in [4.69, 9.17) is 9.15 Å². The molecule has 1 unspecified atom stereocenters. The Balaban J connectivity index is 1.73. The predicted molar refractivity (Wildman–Crippen MR) is 120 cm³/mol. The first-order valence-electron chi connectivity index (χ1n) is 10.6. The number of likely N-dealkylation sites (tertiary alicyclic amines) is 1. The summed E-state index contributed by atoms with van der Waals surface area (Å²) in [4.78, 5) is 27.5. The van der Waals surface area contributed by atoms with E-state index in [2.05, 4.69) is 0 Å². The summed E-state index contributed by atoms with van der Waals surface area (Å²) in [7, 11) is 0. The summed E-state index contributed by atoms with van der Waals surface area (Å²) in [5, 5.41) is 11.1. The Morgan fingerprint density at radius 2 is 1.75 bits per heavy atom. The van der Waals surface area contributed by atoms with Gasteiger partial charge in [-0.1, -0.05) is 30.3 Å². The average Bonchev–Trinajstić information content (AvgIpc) is 3.34. The maximum absolute atomic E-state index is 13.0. The van der Waals surface area contributed by atoms with E-state index in [1.54, 1.807) is 43.3 Å². The molecule has 164 valence electrons. The minimum absolute atomic E-state index is 0.0292. The van der Waals surface area contributed by atoms with Crippen molar-refractivity contribution in [2.45, 2.75) is 26.3 Å². The van der Waals surface area contributed by atoms with Gasteiger partial charge in [-0.05, 0) is 62.2 Å². The zero-order chi connectivity index (χ0) is 22.7. The molecule has 6 nitrogen and oxygen atoms in total. The summed E-state index contributed by atoms with van der Waals surface area (Å²) in [6.07, 6.45) is 0.577. The number of amides is 1. The molecule has 1 saturated heterocycles. The third-order valence-corrected chi connectivity index (χ3v) is 5.49. The van der Waals surface area contributed by atoms with Gasteiger partial charge in [0.05, 0.1) is 12.2 Å². The van der Waals surface area contributed by atoms with Crippen molar-refractivity contribution in [3.63, 3.8) is 0 Å². The second-order valence-electron chi connectivity index (χ2n) is 7.63. The first-order valence-corrected chi connectivity index (χ1v) is 10.6. The van der Waals surface area contributed by atoms with Crippen LogP contribution in [-0.4, -0.2) is 34.8 Å². The highest BCUT2D eigenvalue weighted by atomic mass is 16.5. The standard InChI is InChI=1S/C26H25NO5/c1-3-31-20-12-10-19(11-13-20)24(28)22-23(21-14-9-17(2)32-21)27(26(30)25(22)29)16-15-18-7-5-4-6-8-18/h4-14,23,28H,3,15-16H2,1-2H3/b24-22+. The summed E-state index contributed by atoms with van der Waals surface area (Å²) in [5.74, 6) is 0.172. The largest absolute Gasteiger partial charge is 0.507 e. The molecule has 1 atom stereocenters. The first-order chi connectivity index (χ1) is 15.5. The Kier molecular flexibility index (Phi) is 6.12. The third-order valence-electron chi connectivity index (χ3n) is 5.49. The van der Waals surface area contributed by atoms with Crippen LogP contribution in [0.4, 0.5) is 0 Å². The van der Waals surface area contributed by atoms with Gasteiger partial charge in [-0.15, -0.1) is 0 Å². The molecule has 2 aromatic carbocycles. The van der Waals surface area contributed by atoms with Crippen LogP contribution in [0.25, 0.3) is 5.76 Å². The van der Waals surface area contributed by atoms with E-state index in [-0.39, 0.29) is 11.3 Å². The minimum atomic E-state index is -0.793. The number of furan rings is 1. The van der Waals surface area contributed by atoms with E-state index in [1.165, 1.54) is 4.90 Å². The van der Waals surface area contributed by atoms with Gasteiger partial charge in [0, 0.05) is 12.1 Å². The molecular formula is C26H25NO5.